The molecule has 2 heterocycles. The minimum atomic E-state index is -0.472. The van der Waals surface area contributed by atoms with E-state index in [-0.39, 0.29) is 48.0 Å². The SMILES string of the molecule is O=C(CCCNC(=O)c1ccc2c(c1)C(=O)N(Cc1ccco1)C2=O)Nc1ccc(Cl)cc1. The van der Waals surface area contributed by atoms with Gasteiger partial charge in [-0.2, -0.15) is 0 Å². The molecule has 0 aliphatic carbocycles. The quantitative estimate of drug-likeness (QED) is 0.387. The number of fused-ring (bicyclic) bond motifs is 1. The molecule has 0 bridgehead atoms. The molecule has 2 N–H and O–H groups in total. The topological polar surface area (TPSA) is 109 Å². The van der Waals surface area contributed by atoms with Gasteiger partial charge in [-0.05, 0) is 61.0 Å². The lowest BCUT2D eigenvalue weighted by Gasteiger charge is -2.11. The molecule has 0 fully saturated rings. The molecule has 1 aromatic heterocycles. The van der Waals surface area contributed by atoms with Gasteiger partial charge in [0.1, 0.15) is 5.76 Å². The molecular weight excluding hydrogens is 446 g/mol. The number of carbonyl (C=O) groups is 4. The molecule has 4 rings (SSSR count). The Labute approximate surface area is 194 Å². The Morgan fingerprint density at radius 3 is 2.45 bits per heavy atom. The van der Waals surface area contributed by atoms with Crippen LogP contribution < -0.4 is 10.6 Å². The summed E-state index contributed by atoms with van der Waals surface area (Å²) in [5, 5.41) is 6.07. The maximum absolute atomic E-state index is 12.7. The Morgan fingerprint density at radius 2 is 1.73 bits per heavy atom. The maximum atomic E-state index is 12.7. The molecule has 8 nitrogen and oxygen atoms in total. The number of amides is 4. The van der Waals surface area contributed by atoms with Crippen molar-refractivity contribution in [2.75, 3.05) is 11.9 Å². The largest absolute Gasteiger partial charge is 0.467 e. The van der Waals surface area contributed by atoms with Crippen molar-refractivity contribution in [3.05, 3.63) is 88.3 Å². The predicted molar refractivity (Wildman–Crippen MR) is 121 cm³/mol. The molecule has 3 aromatic rings. The minimum Gasteiger partial charge on any atom is -0.467 e. The number of hydrogen-bond acceptors (Lipinski definition) is 5. The number of rotatable bonds is 8. The number of carbonyl (C=O) groups excluding carboxylic acids is 4. The standard InChI is InChI=1S/C24H20ClN3O5/c25-16-6-8-17(9-7-16)27-21(29)4-1-11-26-22(30)15-5-10-19-20(13-15)24(32)28(23(19)31)14-18-3-2-12-33-18/h2-3,5-10,12-13H,1,4,11,14H2,(H,26,30)(H,27,29). The normalized spacial score (nSPS) is 12.6. The molecule has 33 heavy (non-hydrogen) atoms. The summed E-state index contributed by atoms with van der Waals surface area (Å²) in [6, 6.07) is 14.5. The zero-order valence-electron chi connectivity index (χ0n) is 17.5. The lowest BCUT2D eigenvalue weighted by molar-refractivity contribution is -0.116. The molecule has 1 aliphatic rings. The number of furan rings is 1. The van der Waals surface area contributed by atoms with Crippen LogP contribution in [0, 0.1) is 0 Å². The van der Waals surface area contributed by atoms with E-state index in [0.717, 1.165) is 4.90 Å². The molecular formula is C24H20ClN3O5. The zero-order valence-corrected chi connectivity index (χ0v) is 18.2. The Bertz CT molecular complexity index is 1210. The molecule has 1 aliphatic heterocycles. The van der Waals surface area contributed by atoms with Crippen molar-refractivity contribution in [3.63, 3.8) is 0 Å². The summed E-state index contributed by atoms with van der Waals surface area (Å²) >= 11 is 5.82. The summed E-state index contributed by atoms with van der Waals surface area (Å²) in [5.74, 6) is -0.974. The van der Waals surface area contributed by atoms with Gasteiger partial charge in [-0.25, -0.2) is 0 Å². The third-order valence-corrected chi connectivity index (χ3v) is 5.37. The van der Waals surface area contributed by atoms with Crippen molar-refractivity contribution in [3.8, 4) is 0 Å². The van der Waals surface area contributed by atoms with Gasteiger partial charge < -0.3 is 15.1 Å². The zero-order chi connectivity index (χ0) is 23.4. The Morgan fingerprint density at radius 1 is 0.970 bits per heavy atom. The molecule has 0 unspecified atom stereocenters. The number of imide groups is 1. The molecule has 9 heteroatoms. The van der Waals surface area contributed by atoms with Gasteiger partial charge in [0, 0.05) is 29.2 Å². The van der Waals surface area contributed by atoms with E-state index in [0.29, 0.717) is 22.9 Å². The van der Waals surface area contributed by atoms with Crippen molar-refractivity contribution < 1.29 is 23.6 Å². The predicted octanol–water partition coefficient (Wildman–Crippen LogP) is 3.88. The monoisotopic (exact) mass is 465 g/mol. The van der Waals surface area contributed by atoms with Crippen LogP contribution in [0.3, 0.4) is 0 Å². The van der Waals surface area contributed by atoms with Crippen molar-refractivity contribution in [1.82, 2.24) is 10.2 Å². The second-order valence-corrected chi connectivity index (χ2v) is 7.89. The average Bonchev–Trinajstić information content (AvgIpc) is 3.41. The second-order valence-electron chi connectivity index (χ2n) is 7.45. The fourth-order valence-corrected chi connectivity index (χ4v) is 3.57. The Kier molecular flexibility index (Phi) is 6.55. The smallest absolute Gasteiger partial charge is 0.261 e. The van der Waals surface area contributed by atoms with Gasteiger partial charge >= 0.3 is 0 Å². The number of nitrogens with zero attached hydrogens (tertiary/aromatic N) is 1. The first-order chi connectivity index (χ1) is 15.9. The van der Waals surface area contributed by atoms with E-state index >= 15 is 0 Å². The van der Waals surface area contributed by atoms with E-state index in [9.17, 15) is 19.2 Å². The van der Waals surface area contributed by atoms with Gasteiger partial charge in [-0.1, -0.05) is 11.6 Å². The summed E-state index contributed by atoms with van der Waals surface area (Å²) in [4.78, 5) is 50.8. The van der Waals surface area contributed by atoms with Gasteiger partial charge in [-0.3, -0.25) is 24.1 Å². The number of anilines is 1. The summed E-state index contributed by atoms with van der Waals surface area (Å²) in [6.45, 7) is 0.306. The van der Waals surface area contributed by atoms with Gasteiger partial charge in [0.25, 0.3) is 17.7 Å². The van der Waals surface area contributed by atoms with Gasteiger partial charge in [0.2, 0.25) is 5.91 Å². The number of halogens is 1. The van der Waals surface area contributed by atoms with Crippen LogP contribution in [0.5, 0.6) is 0 Å². The molecule has 2 aromatic carbocycles. The highest BCUT2D eigenvalue weighted by Crippen LogP contribution is 2.26. The minimum absolute atomic E-state index is 0.0267. The van der Waals surface area contributed by atoms with Crippen LogP contribution in [0.4, 0.5) is 5.69 Å². The molecule has 168 valence electrons. The van der Waals surface area contributed by atoms with Crippen LogP contribution in [-0.4, -0.2) is 35.1 Å². The second kappa shape index (κ2) is 9.70. The fourth-order valence-electron chi connectivity index (χ4n) is 3.44. The van der Waals surface area contributed by atoms with Crippen molar-refractivity contribution >= 4 is 40.9 Å². The maximum Gasteiger partial charge on any atom is 0.261 e. The summed E-state index contributed by atoms with van der Waals surface area (Å²) in [7, 11) is 0. The van der Waals surface area contributed by atoms with E-state index in [4.69, 9.17) is 16.0 Å². The van der Waals surface area contributed by atoms with E-state index < -0.39 is 11.8 Å². The summed E-state index contributed by atoms with van der Waals surface area (Å²) < 4.78 is 5.22. The molecule has 0 saturated carbocycles. The number of nitrogens with one attached hydrogen (secondary N) is 2. The molecule has 0 spiro atoms. The average molecular weight is 466 g/mol. The van der Waals surface area contributed by atoms with Gasteiger partial charge in [-0.15, -0.1) is 0 Å². The van der Waals surface area contributed by atoms with Crippen LogP contribution >= 0.6 is 11.6 Å². The van der Waals surface area contributed by atoms with Crippen LogP contribution in [0.1, 0.15) is 49.7 Å². The highest BCUT2D eigenvalue weighted by atomic mass is 35.5. The summed E-state index contributed by atoms with van der Waals surface area (Å²) in [6.07, 6.45) is 2.13. The van der Waals surface area contributed by atoms with Crippen LogP contribution in [0.25, 0.3) is 0 Å². The lowest BCUT2D eigenvalue weighted by atomic mass is 10.1. The number of hydrogen-bond donors (Lipinski definition) is 2. The Hall–Kier alpha value is -3.91. The fraction of sp³-hybridized carbons (Fsp3) is 0.167. The van der Waals surface area contributed by atoms with Crippen LogP contribution in [0.2, 0.25) is 5.02 Å². The molecule has 4 amide bonds. The highest BCUT2D eigenvalue weighted by Gasteiger charge is 2.36. The van der Waals surface area contributed by atoms with Crippen molar-refractivity contribution in [2.45, 2.75) is 19.4 Å². The van der Waals surface area contributed by atoms with Crippen LogP contribution in [-0.2, 0) is 11.3 Å². The van der Waals surface area contributed by atoms with E-state index in [1.54, 1.807) is 36.4 Å². The van der Waals surface area contributed by atoms with Gasteiger partial charge in [0.15, 0.2) is 0 Å². The molecule has 0 saturated heterocycles. The third-order valence-electron chi connectivity index (χ3n) is 5.12. The van der Waals surface area contributed by atoms with E-state index in [1.165, 1.54) is 24.5 Å². The molecule has 0 atom stereocenters. The Balaban J connectivity index is 1.29. The lowest BCUT2D eigenvalue weighted by Crippen LogP contribution is -2.28. The van der Waals surface area contributed by atoms with Gasteiger partial charge in [0.05, 0.1) is 23.9 Å². The highest BCUT2D eigenvalue weighted by molar-refractivity contribution is 6.30. The van der Waals surface area contributed by atoms with Crippen LogP contribution in [0.15, 0.2) is 65.3 Å². The van der Waals surface area contributed by atoms with E-state index in [1.807, 2.05) is 0 Å². The first-order valence-corrected chi connectivity index (χ1v) is 10.7. The van der Waals surface area contributed by atoms with Crippen molar-refractivity contribution in [1.29, 1.82) is 0 Å². The first-order valence-electron chi connectivity index (χ1n) is 10.3. The van der Waals surface area contributed by atoms with E-state index in [2.05, 4.69) is 10.6 Å². The van der Waals surface area contributed by atoms with Crippen molar-refractivity contribution in [2.24, 2.45) is 0 Å². The third kappa shape index (κ3) is 5.12. The summed E-state index contributed by atoms with van der Waals surface area (Å²) in [5.41, 5.74) is 1.34. The first kappa shape index (κ1) is 22.3. The molecule has 0 radical (unpaired) electrons. The number of benzene rings is 2.